The van der Waals surface area contributed by atoms with Gasteiger partial charge in [0.2, 0.25) is 0 Å². The summed E-state index contributed by atoms with van der Waals surface area (Å²) in [4.78, 5) is 40.8. The van der Waals surface area contributed by atoms with Crippen molar-refractivity contribution < 1.29 is 33.3 Å². The third-order valence-corrected chi connectivity index (χ3v) is 5.65. The van der Waals surface area contributed by atoms with Crippen LogP contribution in [-0.2, 0) is 20.8 Å². The number of aromatic nitrogens is 1. The zero-order chi connectivity index (χ0) is 22.0. The Morgan fingerprint density at radius 1 is 1.00 bits per heavy atom. The van der Waals surface area contributed by atoms with Gasteiger partial charge in [0.05, 0.1) is 30.0 Å². The molecule has 1 aliphatic heterocycles. The van der Waals surface area contributed by atoms with E-state index in [1.165, 1.54) is 49.8 Å². The summed E-state index contributed by atoms with van der Waals surface area (Å²) in [5.41, 5.74) is 1.29. The third kappa shape index (κ3) is 4.15. The van der Waals surface area contributed by atoms with E-state index < -0.39 is 17.8 Å². The average molecular weight is 442 g/mol. The number of benzene rings is 2. The van der Waals surface area contributed by atoms with Crippen molar-refractivity contribution in [2.75, 3.05) is 27.4 Å². The number of carbonyl (C=O) groups is 3. The molecule has 0 fully saturated rings. The van der Waals surface area contributed by atoms with Gasteiger partial charge in [-0.25, -0.2) is 4.79 Å². The van der Waals surface area contributed by atoms with Gasteiger partial charge < -0.3 is 23.5 Å². The van der Waals surface area contributed by atoms with Gasteiger partial charge in [-0.2, -0.15) is 4.99 Å². The molecule has 0 atom stereocenters. The van der Waals surface area contributed by atoms with Crippen molar-refractivity contribution in [3.05, 3.63) is 52.3 Å². The zero-order valence-corrected chi connectivity index (χ0v) is 17.6. The van der Waals surface area contributed by atoms with E-state index in [0.29, 0.717) is 46.2 Å². The highest BCUT2D eigenvalue weighted by atomic mass is 32.1. The number of rotatable bonds is 4. The highest BCUT2D eigenvalue weighted by Crippen LogP contribution is 2.35. The fourth-order valence-corrected chi connectivity index (χ4v) is 4.09. The second-order valence-electron chi connectivity index (χ2n) is 6.50. The molecule has 2 heterocycles. The number of hydrogen-bond donors (Lipinski definition) is 0. The largest absolute Gasteiger partial charge is 0.486 e. The number of esters is 2. The van der Waals surface area contributed by atoms with Crippen molar-refractivity contribution in [1.82, 2.24) is 4.57 Å². The Balaban J connectivity index is 1.78. The minimum atomic E-state index is -0.515. The van der Waals surface area contributed by atoms with Crippen LogP contribution in [0.2, 0.25) is 0 Å². The molecule has 4 rings (SSSR count). The van der Waals surface area contributed by atoms with E-state index >= 15 is 0 Å². The van der Waals surface area contributed by atoms with E-state index in [1.54, 1.807) is 16.7 Å². The molecule has 0 radical (unpaired) electrons. The normalized spacial score (nSPS) is 13.2. The minimum absolute atomic E-state index is 0.121. The van der Waals surface area contributed by atoms with E-state index in [9.17, 15) is 14.4 Å². The summed E-state index contributed by atoms with van der Waals surface area (Å²) in [5, 5.41) is 0. The van der Waals surface area contributed by atoms with Gasteiger partial charge in [0, 0.05) is 17.7 Å². The lowest BCUT2D eigenvalue weighted by Gasteiger charge is -2.18. The Morgan fingerprint density at radius 3 is 2.29 bits per heavy atom. The number of methoxy groups -OCH3 is 2. The van der Waals surface area contributed by atoms with Gasteiger partial charge in [0.1, 0.15) is 19.8 Å². The first-order valence-electron chi connectivity index (χ1n) is 9.27. The summed E-state index contributed by atoms with van der Waals surface area (Å²) in [6.07, 6.45) is 0. The van der Waals surface area contributed by atoms with E-state index in [0.717, 1.165) is 4.70 Å². The van der Waals surface area contributed by atoms with Gasteiger partial charge in [0.15, 0.2) is 16.3 Å². The van der Waals surface area contributed by atoms with Crippen LogP contribution in [0.4, 0.5) is 0 Å². The highest BCUT2D eigenvalue weighted by Gasteiger charge is 2.18. The number of hydrogen-bond acceptors (Lipinski definition) is 8. The summed E-state index contributed by atoms with van der Waals surface area (Å²) in [6, 6.07) is 9.54. The van der Waals surface area contributed by atoms with Crippen molar-refractivity contribution in [2.24, 2.45) is 4.99 Å². The number of nitrogens with zero attached hydrogens (tertiary/aromatic N) is 2. The average Bonchev–Trinajstić information content (AvgIpc) is 3.12. The van der Waals surface area contributed by atoms with E-state index in [4.69, 9.17) is 14.2 Å². The molecule has 0 unspecified atom stereocenters. The smallest absolute Gasteiger partial charge is 0.337 e. The van der Waals surface area contributed by atoms with Gasteiger partial charge in [-0.1, -0.05) is 11.3 Å². The standard InChI is InChI=1S/C21H18N2O7S/c1-27-18(24)11-23-14-9-15-16(30-8-7-29-15)10-17(14)31-21(23)22-19(25)12-3-5-13(6-4-12)20(26)28-2/h3-6,9-10H,7-8,11H2,1-2H3. The van der Waals surface area contributed by atoms with Crippen LogP contribution in [0.15, 0.2) is 41.4 Å². The second kappa shape index (κ2) is 8.60. The van der Waals surface area contributed by atoms with Crippen LogP contribution in [0.1, 0.15) is 20.7 Å². The monoisotopic (exact) mass is 442 g/mol. The van der Waals surface area contributed by atoms with Crippen molar-refractivity contribution in [1.29, 1.82) is 0 Å². The molecule has 0 bridgehead atoms. The lowest BCUT2D eigenvalue weighted by Crippen LogP contribution is -2.22. The molecule has 3 aromatic rings. The van der Waals surface area contributed by atoms with E-state index in [2.05, 4.69) is 9.73 Å². The fraction of sp³-hybridized carbons (Fsp3) is 0.238. The summed E-state index contributed by atoms with van der Waals surface area (Å²) < 4.78 is 23.1. The molecule has 0 spiro atoms. The van der Waals surface area contributed by atoms with Crippen LogP contribution in [0.25, 0.3) is 10.2 Å². The first kappa shape index (κ1) is 20.6. The molecule has 10 heteroatoms. The fourth-order valence-electron chi connectivity index (χ4n) is 3.06. The quantitative estimate of drug-likeness (QED) is 0.570. The molecule has 2 aromatic carbocycles. The molecule has 9 nitrogen and oxygen atoms in total. The predicted octanol–water partition coefficient (Wildman–Crippen LogP) is 2.17. The van der Waals surface area contributed by atoms with Crippen molar-refractivity contribution in [3.8, 4) is 11.5 Å². The maximum Gasteiger partial charge on any atom is 0.337 e. The highest BCUT2D eigenvalue weighted by molar-refractivity contribution is 7.16. The Hall–Kier alpha value is -3.66. The van der Waals surface area contributed by atoms with Crippen molar-refractivity contribution >= 4 is 39.4 Å². The van der Waals surface area contributed by atoms with Crippen LogP contribution in [-0.4, -0.2) is 49.8 Å². The lowest BCUT2D eigenvalue weighted by atomic mass is 10.1. The van der Waals surface area contributed by atoms with Crippen LogP contribution in [0.5, 0.6) is 11.5 Å². The Bertz CT molecular complexity index is 1240. The van der Waals surface area contributed by atoms with Gasteiger partial charge in [-0.05, 0) is 24.3 Å². The van der Waals surface area contributed by atoms with Gasteiger partial charge in [0.25, 0.3) is 5.91 Å². The first-order chi connectivity index (χ1) is 15.0. The van der Waals surface area contributed by atoms with Gasteiger partial charge in [-0.3, -0.25) is 9.59 Å². The molecule has 1 amide bonds. The predicted molar refractivity (Wildman–Crippen MR) is 110 cm³/mol. The molecular weight excluding hydrogens is 424 g/mol. The molecule has 0 aliphatic carbocycles. The van der Waals surface area contributed by atoms with Gasteiger partial charge in [-0.15, -0.1) is 0 Å². The molecule has 31 heavy (non-hydrogen) atoms. The molecule has 160 valence electrons. The maximum atomic E-state index is 12.8. The molecule has 0 saturated carbocycles. The third-order valence-electron chi connectivity index (χ3n) is 4.61. The number of ether oxygens (including phenoxy) is 4. The van der Waals surface area contributed by atoms with Crippen LogP contribution >= 0.6 is 11.3 Å². The van der Waals surface area contributed by atoms with Crippen LogP contribution in [0.3, 0.4) is 0 Å². The van der Waals surface area contributed by atoms with Crippen LogP contribution < -0.4 is 14.3 Å². The van der Waals surface area contributed by atoms with E-state index in [-0.39, 0.29) is 6.54 Å². The second-order valence-corrected chi connectivity index (χ2v) is 7.51. The SMILES string of the molecule is COC(=O)Cn1c(=NC(=O)c2ccc(C(=O)OC)cc2)sc2cc3c(cc21)OCCO3. The van der Waals surface area contributed by atoms with Crippen molar-refractivity contribution in [2.45, 2.75) is 6.54 Å². The topological polar surface area (TPSA) is 105 Å². The Kier molecular flexibility index (Phi) is 5.72. The first-order valence-corrected chi connectivity index (χ1v) is 10.1. The van der Waals surface area contributed by atoms with E-state index in [1.807, 2.05) is 0 Å². The maximum absolute atomic E-state index is 12.8. The number of amides is 1. The Morgan fingerprint density at radius 2 is 1.65 bits per heavy atom. The zero-order valence-electron chi connectivity index (χ0n) is 16.7. The summed E-state index contributed by atoms with van der Waals surface area (Å²) in [6.45, 7) is 0.754. The number of thiazole rings is 1. The Labute approximate surface area is 180 Å². The number of fused-ring (bicyclic) bond motifs is 2. The van der Waals surface area contributed by atoms with Crippen molar-refractivity contribution in [3.63, 3.8) is 0 Å². The van der Waals surface area contributed by atoms with Gasteiger partial charge >= 0.3 is 11.9 Å². The summed E-state index contributed by atoms with van der Waals surface area (Å²) in [7, 11) is 2.58. The lowest BCUT2D eigenvalue weighted by molar-refractivity contribution is -0.141. The molecule has 0 N–H and O–H groups in total. The summed E-state index contributed by atoms with van der Waals surface area (Å²) in [5.74, 6) is -0.331. The minimum Gasteiger partial charge on any atom is -0.486 e. The summed E-state index contributed by atoms with van der Waals surface area (Å²) >= 11 is 1.24. The molecular formula is C21H18N2O7S. The molecule has 0 saturated heterocycles. The van der Waals surface area contributed by atoms with Crippen LogP contribution in [0, 0.1) is 0 Å². The molecule has 1 aliphatic rings. The molecule has 1 aromatic heterocycles. The number of carbonyl (C=O) groups excluding carboxylic acids is 3.